The second kappa shape index (κ2) is 5.36. The first-order chi connectivity index (χ1) is 10.3. The van der Waals surface area contributed by atoms with Crippen molar-refractivity contribution in [1.82, 2.24) is 10.3 Å². The average Bonchev–Trinajstić information content (AvgIpc) is 3.28. The van der Waals surface area contributed by atoms with Gasteiger partial charge in [0.15, 0.2) is 0 Å². The van der Waals surface area contributed by atoms with Gasteiger partial charge in [-0.15, -0.1) is 11.3 Å². The minimum absolute atomic E-state index is 0.0894. The number of fused-ring (bicyclic) bond motifs is 1. The largest absolute Gasteiger partial charge is 0.366 e. The van der Waals surface area contributed by atoms with Crippen LogP contribution in [0.1, 0.15) is 23.8 Å². The molecule has 1 saturated heterocycles. The molecule has 1 aromatic heterocycles. The predicted octanol–water partition coefficient (Wildman–Crippen LogP) is 2.10. The molecule has 1 amide bonds. The number of hydrogen-bond donors (Lipinski definition) is 2. The van der Waals surface area contributed by atoms with Crippen LogP contribution in [-0.4, -0.2) is 36.7 Å². The summed E-state index contributed by atoms with van der Waals surface area (Å²) in [6.45, 7) is 1.96. The lowest BCUT2D eigenvalue weighted by molar-refractivity contribution is -0.128. The molecule has 1 aliphatic heterocycles. The number of thiazole rings is 1. The maximum atomic E-state index is 12.1. The van der Waals surface area contributed by atoms with Crippen molar-refractivity contribution in [1.29, 1.82) is 0 Å². The Morgan fingerprint density at radius 3 is 3.10 bits per heavy atom. The lowest BCUT2D eigenvalue weighted by atomic mass is 10.2. The number of ether oxygens (including phenoxy) is 1. The van der Waals surface area contributed by atoms with Crippen LogP contribution in [0.4, 0.5) is 5.69 Å². The number of aromatic nitrogens is 1. The van der Waals surface area contributed by atoms with Crippen molar-refractivity contribution in [3.63, 3.8) is 0 Å². The maximum Gasteiger partial charge on any atom is 0.254 e. The van der Waals surface area contributed by atoms with Crippen LogP contribution in [0.5, 0.6) is 0 Å². The number of morpholine rings is 1. The lowest BCUT2D eigenvalue weighted by Gasteiger charge is -2.22. The Bertz CT molecular complexity index is 675. The fraction of sp³-hybridized carbons (Fsp3) is 0.467. The van der Waals surface area contributed by atoms with Gasteiger partial charge in [0.2, 0.25) is 0 Å². The summed E-state index contributed by atoms with van der Waals surface area (Å²) >= 11 is 1.74. The van der Waals surface area contributed by atoms with Crippen LogP contribution < -0.4 is 10.6 Å². The van der Waals surface area contributed by atoms with Gasteiger partial charge in [-0.2, -0.15) is 0 Å². The first-order valence-electron chi connectivity index (χ1n) is 7.33. The van der Waals surface area contributed by atoms with Crippen LogP contribution in [0.2, 0.25) is 0 Å². The number of rotatable bonds is 3. The van der Waals surface area contributed by atoms with Crippen molar-refractivity contribution in [2.24, 2.45) is 0 Å². The van der Waals surface area contributed by atoms with Gasteiger partial charge in [-0.05, 0) is 31.0 Å². The summed E-state index contributed by atoms with van der Waals surface area (Å²) in [5.74, 6) is 0.579. The maximum absolute atomic E-state index is 12.1. The third kappa shape index (κ3) is 2.79. The van der Waals surface area contributed by atoms with Gasteiger partial charge in [0, 0.05) is 24.7 Å². The zero-order valence-corrected chi connectivity index (χ0v) is 12.4. The Labute approximate surface area is 126 Å². The zero-order chi connectivity index (χ0) is 14.2. The first kappa shape index (κ1) is 13.2. The van der Waals surface area contributed by atoms with E-state index in [1.54, 1.807) is 11.3 Å². The van der Waals surface area contributed by atoms with Crippen LogP contribution >= 0.6 is 11.3 Å². The first-order valence-corrected chi connectivity index (χ1v) is 8.15. The van der Waals surface area contributed by atoms with Gasteiger partial charge >= 0.3 is 0 Å². The van der Waals surface area contributed by atoms with E-state index in [9.17, 15) is 4.79 Å². The van der Waals surface area contributed by atoms with E-state index >= 15 is 0 Å². The standard InChI is InChI=1S/C15H17N3O2S/c19-14(12-8-16-5-6-20-12)17-10-3-4-11-13(7-10)21-15(18-11)9-1-2-9/h3-4,7,9,12,16H,1-2,5-6,8H2,(H,17,19). The predicted molar refractivity (Wildman–Crippen MR) is 82.8 cm³/mol. The van der Waals surface area contributed by atoms with Gasteiger partial charge in [-0.1, -0.05) is 0 Å². The van der Waals surface area contributed by atoms with Gasteiger partial charge in [0.05, 0.1) is 21.8 Å². The van der Waals surface area contributed by atoms with Gasteiger partial charge < -0.3 is 15.4 Å². The number of carbonyl (C=O) groups excluding carboxylic acids is 1. The van der Waals surface area contributed by atoms with Gasteiger partial charge in [-0.25, -0.2) is 4.98 Å². The molecule has 0 radical (unpaired) electrons. The molecule has 0 bridgehead atoms. The molecule has 1 unspecified atom stereocenters. The normalized spacial score (nSPS) is 22.4. The minimum Gasteiger partial charge on any atom is -0.366 e. The average molecular weight is 303 g/mol. The number of nitrogens with one attached hydrogen (secondary N) is 2. The fourth-order valence-corrected chi connectivity index (χ4v) is 3.66. The SMILES string of the molecule is O=C(Nc1ccc2nc(C3CC3)sc2c1)C1CNCCO1. The summed E-state index contributed by atoms with van der Waals surface area (Å²) < 4.78 is 6.60. The van der Waals surface area contributed by atoms with Crippen molar-refractivity contribution in [2.45, 2.75) is 24.9 Å². The van der Waals surface area contributed by atoms with Gasteiger partial charge in [0.25, 0.3) is 5.91 Å². The lowest BCUT2D eigenvalue weighted by Crippen LogP contribution is -2.45. The molecule has 6 heteroatoms. The fourth-order valence-electron chi connectivity index (χ4n) is 2.48. The molecular weight excluding hydrogens is 286 g/mol. The monoisotopic (exact) mass is 303 g/mol. The molecule has 110 valence electrons. The van der Waals surface area contributed by atoms with Crippen molar-refractivity contribution in [3.05, 3.63) is 23.2 Å². The van der Waals surface area contributed by atoms with E-state index in [0.29, 0.717) is 19.1 Å². The number of amides is 1. The zero-order valence-electron chi connectivity index (χ0n) is 11.6. The number of benzene rings is 1. The second-order valence-corrected chi connectivity index (χ2v) is 6.62. The van der Waals surface area contributed by atoms with E-state index < -0.39 is 6.10 Å². The van der Waals surface area contributed by atoms with E-state index in [-0.39, 0.29) is 5.91 Å². The summed E-state index contributed by atoms with van der Waals surface area (Å²) in [5, 5.41) is 7.32. The highest BCUT2D eigenvalue weighted by Gasteiger charge is 2.27. The molecule has 2 N–H and O–H groups in total. The number of nitrogens with zero attached hydrogens (tertiary/aromatic N) is 1. The number of hydrogen-bond acceptors (Lipinski definition) is 5. The molecule has 1 saturated carbocycles. The van der Waals surface area contributed by atoms with Crippen LogP contribution in [0.25, 0.3) is 10.2 Å². The third-order valence-electron chi connectivity index (χ3n) is 3.82. The summed E-state index contributed by atoms with van der Waals surface area (Å²) in [7, 11) is 0. The topological polar surface area (TPSA) is 63.2 Å². The quantitative estimate of drug-likeness (QED) is 0.911. The molecule has 2 heterocycles. The highest BCUT2D eigenvalue weighted by Crippen LogP contribution is 2.43. The molecule has 1 atom stereocenters. The van der Waals surface area contributed by atoms with Crippen LogP contribution in [-0.2, 0) is 9.53 Å². The molecule has 1 aromatic carbocycles. The van der Waals surface area contributed by atoms with E-state index in [1.807, 2.05) is 18.2 Å². The molecule has 1 aliphatic carbocycles. The van der Waals surface area contributed by atoms with Crippen LogP contribution in [0.3, 0.4) is 0 Å². The highest BCUT2D eigenvalue weighted by atomic mass is 32.1. The number of carbonyl (C=O) groups is 1. The van der Waals surface area contributed by atoms with E-state index in [0.717, 1.165) is 22.4 Å². The Kier molecular flexibility index (Phi) is 3.37. The molecule has 2 fully saturated rings. The van der Waals surface area contributed by atoms with E-state index in [4.69, 9.17) is 4.74 Å². The summed E-state index contributed by atoms with van der Waals surface area (Å²) in [6.07, 6.45) is 2.11. The Balaban J connectivity index is 1.51. The molecule has 0 spiro atoms. The Morgan fingerprint density at radius 2 is 2.33 bits per heavy atom. The highest BCUT2D eigenvalue weighted by molar-refractivity contribution is 7.18. The molecular formula is C15H17N3O2S. The van der Waals surface area contributed by atoms with Crippen molar-refractivity contribution < 1.29 is 9.53 Å². The minimum atomic E-state index is -0.405. The molecule has 21 heavy (non-hydrogen) atoms. The molecule has 4 rings (SSSR count). The summed E-state index contributed by atoms with van der Waals surface area (Å²) in [5.41, 5.74) is 1.84. The smallest absolute Gasteiger partial charge is 0.254 e. The van der Waals surface area contributed by atoms with Crippen molar-refractivity contribution in [3.8, 4) is 0 Å². The van der Waals surface area contributed by atoms with Crippen molar-refractivity contribution >= 4 is 33.1 Å². The second-order valence-electron chi connectivity index (χ2n) is 5.56. The van der Waals surface area contributed by atoms with E-state index in [2.05, 4.69) is 15.6 Å². The Morgan fingerprint density at radius 1 is 1.43 bits per heavy atom. The van der Waals surface area contributed by atoms with Crippen LogP contribution in [0, 0.1) is 0 Å². The third-order valence-corrected chi connectivity index (χ3v) is 5.00. The summed E-state index contributed by atoms with van der Waals surface area (Å²) in [6, 6.07) is 5.90. The van der Waals surface area contributed by atoms with Gasteiger partial charge in [0.1, 0.15) is 6.10 Å². The summed E-state index contributed by atoms with van der Waals surface area (Å²) in [4.78, 5) is 16.8. The van der Waals surface area contributed by atoms with E-state index in [1.165, 1.54) is 17.8 Å². The van der Waals surface area contributed by atoms with Crippen molar-refractivity contribution in [2.75, 3.05) is 25.0 Å². The number of anilines is 1. The molecule has 5 nitrogen and oxygen atoms in total. The van der Waals surface area contributed by atoms with Gasteiger partial charge in [-0.3, -0.25) is 4.79 Å². The van der Waals surface area contributed by atoms with Crippen LogP contribution in [0.15, 0.2) is 18.2 Å². The molecule has 2 aliphatic rings. The Hall–Kier alpha value is -1.50. The molecule has 2 aromatic rings.